The number of hydrogen-bond acceptors (Lipinski definition) is 2. The average Bonchev–Trinajstić information content (AvgIpc) is 2.02. The third kappa shape index (κ3) is 4.35. The molecule has 0 aliphatic carbocycles. The lowest BCUT2D eigenvalue weighted by molar-refractivity contribution is -0.307. The van der Waals surface area contributed by atoms with Crippen LogP contribution >= 0.6 is 0 Å². The van der Waals surface area contributed by atoms with Crippen LogP contribution in [0.25, 0.3) is 0 Å². The van der Waals surface area contributed by atoms with E-state index < -0.39 is 5.54 Å². The molecule has 0 spiro atoms. The molecule has 1 atom stereocenters. The molecule has 0 saturated heterocycles. The molecule has 74 valence electrons. The summed E-state index contributed by atoms with van der Waals surface area (Å²) in [5.41, 5.74) is -0.496. The minimum Gasteiger partial charge on any atom is -0.876 e. The summed E-state index contributed by atoms with van der Waals surface area (Å²) in [4.78, 5) is 11.0. The molecule has 0 aliphatic rings. The number of hydrogen-bond donors (Lipinski definition) is 1. The predicted octanol–water partition coefficient (Wildman–Crippen LogP) is 0.721. The zero-order chi connectivity index (χ0) is 10.5. The minimum atomic E-state index is -0.496. The summed E-state index contributed by atoms with van der Waals surface area (Å²) in [6.45, 7) is 10.4. The van der Waals surface area contributed by atoms with Gasteiger partial charge in [0.1, 0.15) is 0 Å². The SMILES string of the molecule is C=CC(=O)NC(C)(CC)CC(=C)[O-]. The molecule has 0 aromatic rings. The van der Waals surface area contributed by atoms with Gasteiger partial charge >= 0.3 is 0 Å². The molecule has 0 bridgehead atoms. The first-order chi connectivity index (χ1) is 5.93. The summed E-state index contributed by atoms with van der Waals surface area (Å²) in [5, 5.41) is 13.5. The number of carbonyl (C=O) groups excluding carboxylic acids is 1. The number of amides is 1. The molecule has 1 N–H and O–H groups in total. The van der Waals surface area contributed by atoms with Gasteiger partial charge in [-0.1, -0.05) is 13.5 Å². The zero-order valence-electron chi connectivity index (χ0n) is 8.22. The molecule has 0 fully saturated rings. The summed E-state index contributed by atoms with van der Waals surface area (Å²) in [7, 11) is 0. The standard InChI is InChI=1S/C10H17NO2/c1-5-9(13)11-10(4,6-2)7-8(3)12/h5,12H,1,3,6-7H2,2,4H3,(H,11,13)/p-1. The van der Waals surface area contributed by atoms with Crippen LogP contribution in [0.4, 0.5) is 0 Å². The maximum atomic E-state index is 11.0. The summed E-state index contributed by atoms with van der Waals surface area (Å²) in [6.07, 6.45) is 2.14. The topological polar surface area (TPSA) is 52.2 Å². The summed E-state index contributed by atoms with van der Waals surface area (Å²) >= 11 is 0. The van der Waals surface area contributed by atoms with Crippen molar-refractivity contribution in [1.29, 1.82) is 0 Å². The quantitative estimate of drug-likeness (QED) is 0.503. The maximum Gasteiger partial charge on any atom is 0.243 e. The first kappa shape index (κ1) is 11.8. The van der Waals surface area contributed by atoms with Crippen molar-refractivity contribution in [1.82, 2.24) is 5.32 Å². The van der Waals surface area contributed by atoms with E-state index in [1.54, 1.807) is 0 Å². The monoisotopic (exact) mass is 182 g/mol. The van der Waals surface area contributed by atoms with Crippen LogP contribution in [0.3, 0.4) is 0 Å². The highest BCUT2D eigenvalue weighted by Gasteiger charge is 2.21. The Morgan fingerprint density at radius 2 is 2.23 bits per heavy atom. The molecule has 0 aliphatic heterocycles. The van der Waals surface area contributed by atoms with Crippen molar-refractivity contribution >= 4 is 5.91 Å². The van der Waals surface area contributed by atoms with Crippen molar-refractivity contribution in [2.24, 2.45) is 0 Å². The Labute approximate surface area is 79.2 Å². The van der Waals surface area contributed by atoms with E-state index in [2.05, 4.69) is 18.5 Å². The fourth-order valence-electron chi connectivity index (χ4n) is 1.04. The van der Waals surface area contributed by atoms with E-state index >= 15 is 0 Å². The van der Waals surface area contributed by atoms with E-state index in [1.165, 1.54) is 6.08 Å². The predicted molar refractivity (Wildman–Crippen MR) is 50.8 cm³/mol. The first-order valence-electron chi connectivity index (χ1n) is 4.23. The number of carbonyl (C=O) groups is 1. The zero-order valence-corrected chi connectivity index (χ0v) is 8.22. The van der Waals surface area contributed by atoms with Crippen molar-refractivity contribution < 1.29 is 9.90 Å². The first-order valence-corrected chi connectivity index (χ1v) is 4.23. The molecule has 3 nitrogen and oxygen atoms in total. The normalized spacial score (nSPS) is 14.3. The molecule has 0 aromatic heterocycles. The number of rotatable bonds is 5. The molecule has 3 heteroatoms. The van der Waals surface area contributed by atoms with Gasteiger partial charge in [-0.15, -0.1) is 12.3 Å². The van der Waals surface area contributed by atoms with Crippen molar-refractivity contribution in [3.63, 3.8) is 0 Å². The molecule has 0 aromatic carbocycles. The van der Waals surface area contributed by atoms with Crippen molar-refractivity contribution in [3.05, 3.63) is 25.0 Å². The Kier molecular flexibility index (Phi) is 4.25. The summed E-state index contributed by atoms with van der Waals surface area (Å²) < 4.78 is 0. The molecule has 0 rings (SSSR count). The Bertz CT molecular complexity index is 223. The Balaban J connectivity index is 4.35. The third-order valence-electron chi connectivity index (χ3n) is 1.98. The van der Waals surface area contributed by atoms with Crippen LogP contribution < -0.4 is 10.4 Å². The van der Waals surface area contributed by atoms with Crippen molar-refractivity contribution in [2.75, 3.05) is 0 Å². The molecular formula is C10H16NO2-. The smallest absolute Gasteiger partial charge is 0.243 e. The minimum absolute atomic E-state index is 0.172. The molecule has 0 saturated carbocycles. The van der Waals surface area contributed by atoms with E-state index in [0.29, 0.717) is 6.42 Å². The maximum absolute atomic E-state index is 11.0. The van der Waals surface area contributed by atoms with Gasteiger partial charge in [0.25, 0.3) is 0 Å². The van der Waals surface area contributed by atoms with E-state index in [-0.39, 0.29) is 18.1 Å². The van der Waals surface area contributed by atoms with E-state index in [0.717, 1.165) is 0 Å². The van der Waals surface area contributed by atoms with Gasteiger partial charge in [0.05, 0.1) is 0 Å². The van der Waals surface area contributed by atoms with Gasteiger partial charge in [0, 0.05) is 5.54 Å². The molecule has 1 amide bonds. The summed E-state index contributed by atoms with van der Waals surface area (Å²) in [6, 6.07) is 0. The van der Waals surface area contributed by atoms with Crippen LogP contribution in [-0.4, -0.2) is 11.4 Å². The van der Waals surface area contributed by atoms with Gasteiger partial charge < -0.3 is 10.4 Å². The lowest BCUT2D eigenvalue weighted by Gasteiger charge is -2.31. The van der Waals surface area contributed by atoms with Gasteiger partial charge in [0.15, 0.2) is 0 Å². The van der Waals surface area contributed by atoms with Gasteiger partial charge in [-0.2, -0.15) is 0 Å². The molecule has 0 heterocycles. The van der Waals surface area contributed by atoms with Gasteiger partial charge in [-0.3, -0.25) is 4.79 Å². The van der Waals surface area contributed by atoms with Crippen LogP contribution in [0, 0.1) is 0 Å². The number of nitrogens with one attached hydrogen (secondary N) is 1. The Hall–Kier alpha value is -1.25. The Morgan fingerprint density at radius 1 is 1.69 bits per heavy atom. The lowest BCUT2D eigenvalue weighted by atomic mass is 9.93. The van der Waals surface area contributed by atoms with Crippen LogP contribution in [0.2, 0.25) is 0 Å². The summed E-state index contributed by atoms with van der Waals surface area (Å²) in [5.74, 6) is -0.431. The molecular weight excluding hydrogens is 166 g/mol. The second-order valence-electron chi connectivity index (χ2n) is 3.32. The average molecular weight is 182 g/mol. The largest absolute Gasteiger partial charge is 0.876 e. The van der Waals surface area contributed by atoms with Crippen LogP contribution in [0.5, 0.6) is 0 Å². The molecule has 1 unspecified atom stereocenters. The van der Waals surface area contributed by atoms with Crippen LogP contribution in [-0.2, 0) is 4.79 Å². The van der Waals surface area contributed by atoms with Gasteiger partial charge in [0.2, 0.25) is 5.91 Å². The van der Waals surface area contributed by atoms with E-state index in [9.17, 15) is 9.90 Å². The van der Waals surface area contributed by atoms with Gasteiger partial charge in [-0.25, -0.2) is 0 Å². The van der Waals surface area contributed by atoms with Gasteiger partial charge in [-0.05, 0) is 25.8 Å². The second kappa shape index (κ2) is 4.70. The fourth-order valence-corrected chi connectivity index (χ4v) is 1.04. The van der Waals surface area contributed by atoms with E-state index in [1.807, 2.05) is 13.8 Å². The fraction of sp³-hybridized carbons (Fsp3) is 0.500. The lowest BCUT2D eigenvalue weighted by Crippen LogP contribution is -2.45. The highest BCUT2D eigenvalue weighted by molar-refractivity contribution is 5.87. The van der Waals surface area contributed by atoms with Crippen LogP contribution in [0.15, 0.2) is 25.0 Å². The molecule has 0 radical (unpaired) electrons. The Morgan fingerprint density at radius 3 is 2.54 bits per heavy atom. The highest BCUT2D eigenvalue weighted by Crippen LogP contribution is 2.16. The molecule has 13 heavy (non-hydrogen) atoms. The van der Waals surface area contributed by atoms with Crippen LogP contribution in [0.1, 0.15) is 26.7 Å². The van der Waals surface area contributed by atoms with Crippen molar-refractivity contribution in [3.8, 4) is 0 Å². The van der Waals surface area contributed by atoms with E-state index in [4.69, 9.17) is 0 Å². The van der Waals surface area contributed by atoms with Crippen molar-refractivity contribution in [2.45, 2.75) is 32.2 Å². The second-order valence-corrected chi connectivity index (χ2v) is 3.32. The highest BCUT2D eigenvalue weighted by atomic mass is 16.3. The third-order valence-corrected chi connectivity index (χ3v) is 1.98.